The third-order valence-electron chi connectivity index (χ3n) is 2.84. The number of nitrogens with one attached hydrogen (secondary N) is 1. The molecular formula is C15H19NO4. The molecule has 0 aliphatic rings. The summed E-state index contributed by atoms with van der Waals surface area (Å²) in [7, 11) is 0. The van der Waals surface area contributed by atoms with Crippen LogP contribution >= 0.6 is 0 Å². The fraction of sp³-hybridized carbons (Fsp3) is 0.400. The van der Waals surface area contributed by atoms with E-state index in [-0.39, 0.29) is 31.0 Å². The van der Waals surface area contributed by atoms with Gasteiger partial charge in [0.2, 0.25) is 5.91 Å². The minimum Gasteiger partial charge on any atom is -0.481 e. The summed E-state index contributed by atoms with van der Waals surface area (Å²) < 4.78 is 0. The predicted molar refractivity (Wildman–Crippen MR) is 74.6 cm³/mol. The lowest BCUT2D eigenvalue weighted by Gasteiger charge is -2.04. The van der Waals surface area contributed by atoms with Crippen LogP contribution in [0.1, 0.15) is 41.6 Å². The second-order valence-corrected chi connectivity index (χ2v) is 4.64. The standard InChI is InChI=1S/C15H19NO4/c1-11-4-6-12(7-5-11)13(17)8-9-14(18)16-10-2-3-15(19)20/h4-7H,2-3,8-10H2,1H3,(H,16,18)(H,19,20). The summed E-state index contributed by atoms with van der Waals surface area (Å²) in [5.74, 6) is -1.17. The van der Waals surface area contributed by atoms with E-state index in [9.17, 15) is 14.4 Å². The molecule has 0 aliphatic carbocycles. The van der Waals surface area contributed by atoms with Crippen molar-refractivity contribution in [2.45, 2.75) is 32.6 Å². The summed E-state index contributed by atoms with van der Waals surface area (Å²) in [6.07, 6.45) is 0.711. The number of ketones is 1. The van der Waals surface area contributed by atoms with Crippen LogP contribution in [0.25, 0.3) is 0 Å². The molecule has 0 aliphatic heterocycles. The molecule has 5 heteroatoms. The van der Waals surface area contributed by atoms with Crippen molar-refractivity contribution in [2.24, 2.45) is 0 Å². The van der Waals surface area contributed by atoms with Gasteiger partial charge in [0, 0.05) is 31.4 Å². The van der Waals surface area contributed by atoms with E-state index in [1.807, 2.05) is 19.1 Å². The molecule has 1 rings (SSSR count). The lowest BCUT2D eigenvalue weighted by molar-refractivity contribution is -0.137. The van der Waals surface area contributed by atoms with E-state index in [0.29, 0.717) is 18.5 Å². The average Bonchev–Trinajstić information content (AvgIpc) is 2.41. The van der Waals surface area contributed by atoms with E-state index in [0.717, 1.165) is 5.56 Å². The number of carboxylic acids is 1. The van der Waals surface area contributed by atoms with Crippen molar-refractivity contribution in [3.8, 4) is 0 Å². The molecule has 0 bridgehead atoms. The smallest absolute Gasteiger partial charge is 0.303 e. The highest BCUT2D eigenvalue weighted by Crippen LogP contribution is 2.07. The molecule has 0 spiro atoms. The highest BCUT2D eigenvalue weighted by Gasteiger charge is 2.09. The Kier molecular flexibility index (Phi) is 6.43. The van der Waals surface area contributed by atoms with E-state index in [4.69, 9.17) is 5.11 Å². The summed E-state index contributed by atoms with van der Waals surface area (Å²) >= 11 is 0. The molecule has 0 fully saturated rings. The molecule has 0 saturated heterocycles. The van der Waals surface area contributed by atoms with Gasteiger partial charge in [-0.25, -0.2) is 0 Å². The maximum absolute atomic E-state index is 11.8. The zero-order valence-electron chi connectivity index (χ0n) is 11.5. The van der Waals surface area contributed by atoms with Crippen LogP contribution in [-0.2, 0) is 9.59 Å². The second kappa shape index (κ2) is 8.09. The molecule has 5 nitrogen and oxygen atoms in total. The van der Waals surface area contributed by atoms with Crippen molar-refractivity contribution in [1.29, 1.82) is 0 Å². The average molecular weight is 277 g/mol. The molecule has 0 unspecified atom stereocenters. The minimum absolute atomic E-state index is 0.0303. The normalized spacial score (nSPS) is 10.1. The number of aliphatic carboxylic acids is 1. The zero-order chi connectivity index (χ0) is 15.0. The predicted octanol–water partition coefficient (Wildman–Crippen LogP) is 1.94. The van der Waals surface area contributed by atoms with E-state index in [2.05, 4.69) is 5.32 Å². The number of hydrogen-bond donors (Lipinski definition) is 2. The van der Waals surface area contributed by atoms with Crippen LogP contribution in [0.15, 0.2) is 24.3 Å². The van der Waals surface area contributed by atoms with Gasteiger partial charge in [0.25, 0.3) is 0 Å². The number of amides is 1. The number of rotatable bonds is 8. The Morgan fingerprint density at radius 2 is 1.70 bits per heavy atom. The zero-order valence-corrected chi connectivity index (χ0v) is 11.5. The maximum atomic E-state index is 11.8. The van der Waals surface area contributed by atoms with Crippen LogP contribution in [0.5, 0.6) is 0 Å². The van der Waals surface area contributed by atoms with Crippen LogP contribution in [0.3, 0.4) is 0 Å². The lowest BCUT2D eigenvalue weighted by atomic mass is 10.1. The van der Waals surface area contributed by atoms with E-state index < -0.39 is 5.97 Å². The SMILES string of the molecule is Cc1ccc(C(=O)CCC(=O)NCCCC(=O)O)cc1. The highest BCUT2D eigenvalue weighted by molar-refractivity contribution is 5.97. The van der Waals surface area contributed by atoms with Crippen LogP contribution in [0, 0.1) is 6.92 Å². The first-order chi connectivity index (χ1) is 9.49. The first-order valence-corrected chi connectivity index (χ1v) is 6.57. The Bertz CT molecular complexity index is 479. The first-order valence-electron chi connectivity index (χ1n) is 6.57. The molecule has 1 amide bonds. The monoisotopic (exact) mass is 277 g/mol. The Hall–Kier alpha value is -2.17. The Balaban J connectivity index is 2.25. The summed E-state index contributed by atoms with van der Waals surface area (Å²) in [6, 6.07) is 7.23. The van der Waals surface area contributed by atoms with Crippen LogP contribution in [-0.4, -0.2) is 29.3 Å². The van der Waals surface area contributed by atoms with Gasteiger partial charge >= 0.3 is 5.97 Å². The summed E-state index contributed by atoms with van der Waals surface area (Å²) in [4.78, 5) is 33.6. The Morgan fingerprint density at radius 3 is 2.30 bits per heavy atom. The van der Waals surface area contributed by atoms with Crippen molar-refractivity contribution in [1.82, 2.24) is 5.32 Å². The number of carbonyl (C=O) groups is 3. The van der Waals surface area contributed by atoms with Crippen LogP contribution in [0.4, 0.5) is 0 Å². The topological polar surface area (TPSA) is 83.5 Å². The molecular weight excluding hydrogens is 258 g/mol. The van der Waals surface area contributed by atoms with E-state index in [1.165, 1.54) is 0 Å². The van der Waals surface area contributed by atoms with Gasteiger partial charge in [0.15, 0.2) is 5.78 Å². The van der Waals surface area contributed by atoms with E-state index >= 15 is 0 Å². The van der Waals surface area contributed by atoms with E-state index in [1.54, 1.807) is 12.1 Å². The Morgan fingerprint density at radius 1 is 1.05 bits per heavy atom. The fourth-order valence-electron chi connectivity index (χ4n) is 1.67. The summed E-state index contributed by atoms with van der Waals surface area (Å²) in [6.45, 7) is 2.27. The van der Waals surface area contributed by atoms with Gasteiger partial charge in [-0.2, -0.15) is 0 Å². The molecule has 0 saturated carbocycles. The van der Waals surface area contributed by atoms with Crippen molar-refractivity contribution in [3.05, 3.63) is 35.4 Å². The molecule has 1 aromatic rings. The maximum Gasteiger partial charge on any atom is 0.303 e. The number of hydrogen-bond acceptors (Lipinski definition) is 3. The van der Waals surface area contributed by atoms with Gasteiger partial charge in [-0.1, -0.05) is 29.8 Å². The molecule has 0 aromatic heterocycles. The molecule has 0 atom stereocenters. The minimum atomic E-state index is -0.881. The first kappa shape index (κ1) is 15.9. The number of Topliss-reactive ketones (excluding diaryl/α,β-unsaturated/α-hetero) is 1. The number of carbonyl (C=O) groups excluding carboxylic acids is 2. The molecule has 20 heavy (non-hydrogen) atoms. The van der Waals surface area contributed by atoms with Crippen molar-refractivity contribution in [2.75, 3.05) is 6.54 Å². The van der Waals surface area contributed by atoms with Gasteiger partial charge in [0.05, 0.1) is 0 Å². The highest BCUT2D eigenvalue weighted by atomic mass is 16.4. The van der Waals surface area contributed by atoms with Gasteiger partial charge in [-0.05, 0) is 13.3 Å². The van der Waals surface area contributed by atoms with Gasteiger partial charge in [0.1, 0.15) is 0 Å². The van der Waals surface area contributed by atoms with Gasteiger partial charge < -0.3 is 10.4 Å². The van der Waals surface area contributed by atoms with Crippen molar-refractivity contribution >= 4 is 17.7 Å². The fourth-order valence-corrected chi connectivity index (χ4v) is 1.67. The van der Waals surface area contributed by atoms with Crippen molar-refractivity contribution < 1.29 is 19.5 Å². The molecule has 0 heterocycles. The Labute approximate surface area is 118 Å². The third kappa shape index (κ3) is 6.13. The van der Waals surface area contributed by atoms with Crippen LogP contribution < -0.4 is 5.32 Å². The van der Waals surface area contributed by atoms with Crippen LogP contribution in [0.2, 0.25) is 0 Å². The number of carboxylic acid groups (broad SMARTS) is 1. The van der Waals surface area contributed by atoms with Gasteiger partial charge in [-0.3, -0.25) is 14.4 Å². The molecule has 1 aromatic carbocycles. The molecule has 108 valence electrons. The quantitative estimate of drug-likeness (QED) is 0.562. The number of aryl methyl sites for hydroxylation is 1. The molecule has 2 N–H and O–H groups in total. The third-order valence-corrected chi connectivity index (χ3v) is 2.84. The lowest BCUT2D eigenvalue weighted by Crippen LogP contribution is -2.25. The summed E-state index contributed by atoms with van der Waals surface area (Å²) in [5.41, 5.74) is 1.69. The van der Waals surface area contributed by atoms with Crippen molar-refractivity contribution in [3.63, 3.8) is 0 Å². The summed E-state index contributed by atoms with van der Waals surface area (Å²) in [5, 5.41) is 11.0. The second-order valence-electron chi connectivity index (χ2n) is 4.64. The molecule has 0 radical (unpaired) electrons. The largest absolute Gasteiger partial charge is 0.481 e. The van der Waals surface area contributed by atoms with Gasteiger partial charge in [-0.15, -0.1) is 0 Å². The number of benzene rings is 1.